The van der Waals surface area contributed by atoms with Crippen LogP contribution in [0.2, 0.25) is 0 Å². The Morgan fingerprint density at radius 3 is 2.56 bits per heavy atom. The number of fused-ring (bicyclic) bond motifs is 3. The molecule has 4 heteroatoms. The Bertz CT molecular complexity index is 856. The molecule has 0 radical (unpaired) electrons. The average molecular weight is 365 g/mol. The molecule has 2 aliphatic carbocycles. The van der Waals surface area contributed by atoms with Crippen molar-refractivity contribution in [1.82, 2.24) is 0 Å². The van der Waals surface area contributed by atoms with Gasteiger partial charge >= 0.3 is 5.97 Å². The van der Waals surface area contributed by atoms with Crippen molar-refractivity contribution in [3.8, 4) is 0 Å². The van der Waals surface area contributed by atoms with E-state index >= 15 is 0 Å². The number of oxime groups is 1. The van der Waals surface area contributed by atoms with Gasteiger partial charge in [0.2, 0.25) is 0 Å². The van der Waals surface area contributed by atoms with E-state index in [2.05, 4.69) is 55.4 Å². The summed E-state index contributed by atoms with van der Waals surface area (Å²) in [5.41, 5.74) is 5.39. The Balaban J connectivity index is 1.95. The summed E-state index contributed by atoms with van der Waals surface area (Å²) in [5.74, 6) is -0.785. The number of hydrogen-bond donors (Lipinski definition) is 0. The Morgan fingerprint density at radius 2 is 1.89 bits per heavy atom. The standard InChI is InChI=1S/C23H27NO3/c1-5-21(25)27-24-15(4)22(26)16-12-13-18-17-10-8-9-11-19(17)23(6-2,7-3)20(18)14-16/h8-11,13-14,16H,5-7,12H2,1-4H3/b24-15+. The van der Waals surface area contributed by atoms with Gasteiger partial charge in [-0.15, -0.1) is 0 Å². The summed E-state index contributed by atoms with van der Waals surface area (Å²) >= 11 is 0. The largest absolute Gasteiger partial charge is 0.334 e. The van der Waals surface area contributed by atoms with Crippen LogP contribution in [0.3, 0.4) is 0 Å². The topological polar surface area (TPSA) is 55.7 Å². The van der Waals surface area contributed by atoms with Crippen LogP contribution in [0.5, 0.6) is 0 Å². The molecule has 1 unspecified atom stereocenters. The lowest BCUT2D eigenvalue weighted by molar-refractivity contribution is -0.143. The molecule has 3 rings (SSSR count). The second-order valence-corrected chi connectivity index (χ2v) is 7.23. The predicted molar refractivity (Wildman–Crippen MR) is 107 cm³/mol. The maximum atomic E-state index is 12.9. The van der Waals surface area contributed by atoms with Crippen LogP contribution in [0, 0.1) is 5.92 Å². The molecule has 2 aliphatic rings. The number of ketones is 1. The normalized spacial score (nSPS) is 20.3. The van der Waals surface area contributed by atoms with E-state index in [-0.39, 0.29) is 29.2 Å². The van der Waals surface area contributed by atoms with E-state index in [9.17, 15) is 9.59 Å². The zero-order valence-electron chi connectivity index (χ0n) is 16.5. The molecule has 0 spiro atoms. The number of benzene rings is 1. The van der Waals surface area contributed by atoms with Crippen molar-refractivity contribution in [2.75, 3.05) is 0 Å². The molecule has 0 amide bonds. The summed E-state index contributed by atoms with van der Waals surface area (Å²) in [7, 11) is 0. The van der Waals surface area contributed by atoms with Crippen molar-refractivity contribution in [3.63, 3.8) is 0 Å². The van der Waals surface area contributed by atoms with E-state index in [0.29, 0.717) is 6.42 Å². The van der Waals surface area contributed by atoms with Crippen LogP contribution in [0.15, 0.2) is 47.1 Å². The minimum atomic E-state index is -0.437. The van der Waals surface area contributed by atoms with Crippen molar-refractivity contribution >= 4 is 23.0 Å². The highest BCUT2D eigenvalue weighted by Gasteiger charge is 2.44. The Hall–Kier alpha value is -2.49. The number of Topliss-reactive ketones (excluding diaryl/α,β-unsaturated/α-hetero) is 1. The van der Waals surface area contributed by atoms with Crippen LogP contribution in [0.25, 0.3) is 5.57 Å². The second-order valence-electron chi connectivity index (χ2n) is 7.23. The maximum Gasteiger partial charge on any atom is 0.334 e. The van der Waals surface area contributed by atoms with E-state index in [1.807, 2.05) is 0 Å². The Labute approximate surface area is 161 Å². The van der Waals surface area contributed by atoms with Crippen LogP contribution in [-0.2, 0) is 19.8 Å². The monoisotopic (exact) mass is 365 g/mol. The van der Waals surface area contributed by atoms with Crippen molar-refractivity contribution < 1.29 is 14.4 Å². The number of carbonyl (C=O) groups excluding carboxylic acids is 2. The first kappa shape index (κ1) is 19.3. The highest BCUT2D eigenvalue weighted by Crippen LogP contribution is 2.55. The highest BCUT2D eigenvalue weighted by atomic mass is 16.7. The molecule has 0 fully saturated rings. The van der Waals surface area contributed by atoms with Crippen LogP contribution in [0.4, 0.5) is 0 Å². The van der Waals surface area contributed by atoms with Crippen molar-refractivity contribution in [3.05, 3.63) is 53.1 Å². The third-order valence-corrected chi connectivity index (χ3v) is 5.96. The summed E-state index contributed by atoms with van der Waals surface area (Å²) in [4.78, 5) is 28.9. The SMILES string of the molecule is CCC(=O)O/N=C(\C)C(=O)C1C=C2C(=CC1)c1ccccc1C2(CC)CC. The first-order valence-corrected chi connectivity index (χ1v) is 9.79. The quantitative estimate of drug-likeness (QED) is 0.405. The van der Waals surface area contributed by atoms with Gasteiger partial charge in [-0.1, -0.05) is 62.3 Å². The van der Waals surface area contributed by atoms with Gasteiger partial charge in [0.05, 0.1) is 0 Å². The fourth-order valence-corrected chi connectivity index (χ4v) is 4.36. The first-order valence-electron chi connectivity index (χ1n) is 9.79. The van der Waals surface area contributed by atoms with Crippen molar-refractivity contribution in [2.45, 2.75) is 58.8 Å². The summed E-state index contributed by atoms with van der Waals surface area (Å²) in [6.07, 6.45) is 7.18. The van der Waals surface area contributed by atoms with E-state index < -0.39 is 5.97 Å². The lowest BCUT2D eigenvalue weighted by Crippen LogP contribution is -2.27. The molecular formula is C23H27NO3. The molecule has 0 saturated carbocycles. The molecule has 1 atom stereocenters. The van der Waals surface area contributed by atoms with Gasteiger partial charge in [-0.3, -0.25) is 4.79 Å². The third-order valence-electron chi connectivity index (χ3n) is 5.96. The number of carbonyl (C=O) groups is 2. The van der Waals surface area contributed by atoms with Crippen LogP contribution < -0.4 is 0 Å². The molecule has 0 aromatic heterocycles. The van der Waals surface area contributed by atoms with Crippen LogP contribution in [-0.4, -0.2) is 17.5 Å². The minimum Gasteiger partial charge on any atom is -0.318 e. The Morgan fingerprint density at radius 1 is 1.19 bits per heavy atom. The molecule has 0 aliphatic heterocycles. The predicted octanol–water partition coefficient (Wildman–Crippen LogP) is 4.99. The molecule has 0 N–H and O–H groups in total. The van der Waals surface area contributed by atoms with E-state index in [4.69, 9.17) is 4.84 Å². The minimum absolute atomic E-state index is 0.0406. The van der Waals surface area contributed by atoms with E-state index in [1.54, 1.807) is 13.8 Å². The van der Waals surface area contributed by atoms with Crippen LogP contribution in [0.1, 0.15) is 64.5 Å². The van der Waals surface area contributed by atoms with Gasteiger partial charge in [0.1, 0.15) is 5.71 Å². The zero-order valence-corrected chi connectivity index (χ0v) is 16.5. The molecule has 142 valence electrons. The fourth-order valence-electron chi connectivity index (χ4n) is 4.36. The van der Waals surface area contributed by atoms with E-state index in [0.717, 1.165) is 12.8 Å². The van der Waals surface area contributed by atoms with Gasteiger partial charge in [-0.25, -0.2) is 4.79 Å². The zero-order chi connectivity index (χ0) is 19.6. The average Bonchev–Trinajstić information content (AvgIpc) is 3.00. The third kappa shape index (κ3) is 3.18. The molecule has 1 aromatic rings. The maximum absolute atomic E-state index is 12.9. The molecule has 0 heterocycles. The summed E-state index contributed by atoms with van der Waals surface area (Å²) in [5, 5.41) is 3.74. The van der Waals surface area contributed by atoms with Gasteiger partial charge in [0.15, 0.2) is 5.78 Å². The molecule has 1 aromatic carbocycles. The summed E-state index contributed by atoms with van der Waals surface area (Å²) in [6.45, 7) is 7.73. The van der Waals surface area contributed by atoms with Gasteiger partial charge < -0.3 is 4.84 Å². The number of rotatable bonds is 6. The fraction of sp³-hybridized carbons (Fsp3) is 0.435. The van der Waals surface area contributed by atoms with E-state index in [1.165, 1.54) is 22.3 Å². The second kappa shape index (κ2) is 7.63. The van der Waals surface area contributed by atoms with Crippen molar-refractivity contribution in [2.24, 2.45) is 11.1 Å². The van der Waals surface area contributed by atoms with Gasteiger partial charge in [0, 0.05) is 17.8 Å². The molecule has 27 heavy (non-hydrogen) atoms. The van der Waals surface area contributed by atoms with Gasteiger partial charge in [-0.2, -0.15) is 0 Å². The first-order chi connectivity index (χ1) is 13.0. The lowest BCUT2D eigenvalue weighted by Gasteiger charge is -2.32. The number of allylic oxidation sites excluding steroid dienone is 4. The summed E-state index contributed by atoms with van der Waals surface area (Å²) < 4.78 is 0. The number of hydrogen-bond acceptors (Lipinski definition) is 4. The van der Waals surface area contributed by atoms with Crippen LogP contribution >= 0.6 is 0 Å². The van der Waals surface area contributed by atoms with Gasteiger partial charge in [0.25, 0.3) is 0 Å². The smallest absolute Gasteiger partial charge is 0.318 e. The van der Waals surface area contributed by atoms with Gasteiger partial charge in [-0.05, 0) is 48.5 Å². The molecule has 0 saturated heterocycles. The highest BCUT2D eigenvalue weighted by molar-refractivity contribution is 6.40. The number of nitrogens with zero attached hydrogens (tertiary/aromatic N) is 1. The Kier molecular flexibility index (Phi) is 5.45. The lowest BCUT2D eigenvalue weighted by atomic mass is 9.71. The molecule has 4 nitrogen and oxygen atoms in total. The van der Waals surface area contributed by atoms with Crippen molar-refractivity contribution in [1.29, 1.82) is 0 Å². The molecule has 0 bridgehead atoms. The molecular weight excluding hydrogens is 338 g/mol. The summed E-state index contributed by atoms with van der Waals surface area (Å²) in [6, 6.07) is 8.57.